The molecule has 1 amide bonds. The molecule has 8 heteroatoms. The van der Waals surface area contributed by atoms with Gasteiger partial charge in [0.2, 0.25) is 0 Å². The summed E-state index contributed by atoms with van der Waals surface area (Å²) in [6.07, 6.45) is 3.46. The molecule has 29 heavy (non-hydrogen) atoms. The molecular formula is C21H22N6O2. The Hall–Kier alpha value is -3.81. The molecule has 3 aromatic rings. The predicted molar refractivity (Wildman–Crippen MR) is 112 cm³/mol. The van der Waals surface area contributed by atoms with Gasteiger partial charge in [0.05, 0.1) is 12.7 Å². The third-order valence-electron chi connectivity index (χ3n) is 4.87. The van der Waals surface area contributed by atoms with Gasteiger partial charge in [-0.2, -0.15) is 0 Å². The molecule has 2 heterocycles. The number of carbonyl (C=O) groups excluding carboxylic acids is 1. The van der Waals surface area contributed by atoms with E-state index >= 15 is 0 Å². The van der Waals surface area contributed by atoms with Crippen molar-refractivity contribution in [3.05, 3.63) is 66.0 Å². The van der Waals surface area contributed by atoms with E-state index in [1.54, 1.807) is 24.3 Å². The van der Waals surface area contributed by atoms with Gasteiger partial charge in [0.1, 0.15) is 17.8 Å². The molecule has 4 rings (SSSR count). The van der Waals surface area contributed by atoms with Gasteiger partial charge in [-0.15, -0.1) is 0 Å². The van der Waals surface area contributed by atoms with Crippen LogP contribution in [0.15, 0.2) is 54.9 Å². The van der Waals surface area contributed by atoms with E-state index in [0.29, 0.717) is 28.6 Å². The molecule has 1 aliphatic rings. The molecule has 8 nitrogen and oxygen atoms in total. The molecule has 0 spiro atoms. The fourth-order valence-electron chi connectivity index (χ4n) is 3.47. The van der Waals surface area contributed by atoms with Gasteiger partial charge in [-0.1, -0.05) is 30.3 Å². The van der Waals surface area contributed by atoms with Crippen molar-refractivity contribution in [3.8, 4) is 5.75 Å². The minimum absolute atomic E-state index is 0.335. The Morgan fingerprint density at radius 1 is 1.14 bits per heavy atom. The normalized spacial score (nSPS) is 12.8. The van der Waals surface area contributed by atoms with Crippen LogP contribution in [0.3, 0.4) is 0 Å². The second kappa shape index (κ2) is 8.05. The lowest BCUT2D eigenvalue weighted by Crippen LogP contribution is -2.31. The number of nitrogens with two attached hydrogens (primary N) is 1. The van der Waals surface area contributed by atoms with Crippen molar-refractivity contribution < 1.29 is 9.53 Å². The zero-order chi connectivity index (χ0) is 20.2. The van der Waals surface area contributed by atoms with Crippen LogP contribution in [0.5, 0.6) is 5.75 Å². The number of anilines is 4. The molecule has 0 saturated carbocycles. The summed E-state index contributed by atoms with van der Waals surface area (Å²) in [6, 6.07) is 15.2. The molecule has 2 aromatic carbocycles. The number of amides is 1. The lowest BCUT2D eigenvalue weighted by atomic mass is 10.0. The number of fused-ring (bicyclic) bond motifs is 1. The van der Waals surface area contributed by atoms with Crippen LogP contribution in [0, 0.1) is 0 Å². The number of nitrogens with one attached hydrogen (secondary N) is 2. The molecule has 148 valence electrons. The van der Waals surface area contributed by atoms with E-state index in [1.165, 1.54) is 19.0 Å². The highest BCUT2D eigenvalue weighted by molar-refractivity contribution is 5.97. The Balaban J connectivity index is 1.56. The van der Waals surface area contributed by atoms with E-state index in [2.05, 4.69) is 37.9 Å². The van der Waals surface area contributed by atoms with Crippen LogP contribution >= 0.6 is 0 Å². The summed E-state index contributed by atoms with van der Waals surface area (Å²) in [5, 5.41) is 0. The van der Waals surface area contributed by atoms with Gasteiger partial charge >= 0.3 is 0 Å². The van der Waals surface area contributed by atoms with Gasteiger partial charge in [0, 0.05) is 12.2 Å². The van der Waals surface area contributed by atoms with Crippen LogP contribution in [0.25, 0.3) is 0 Å². The number of nitrogens with zero attached hydrogens (tertiary/aromatic N) is 3. The quantitative estimate of drug-likeness (QED) is 0.575. The maximum Gasteiger partial charge on any atom is 0.273 e. The second-order valence-electron chi connectivity index (χ2n) is 6.62. The highest BCUT2D eigenvalue weighted by atomic mass is 16.5. The molecule has 0 unspecified atom stereocenters. The van der Waals surface area contributed by atoms with Gasteiger partial charge in [-0.3, -0.25) is 15.6 Å². The summed E-state index contributed by atoms with van der Waals surface area (Å²) in [4.78, 5) is 23.2. The zero-order valence-corrected chi connectivity index (χ0v) is 16.1. The lowest BCUT2D eigenvalue weighted by Gasteiger charge is -2.31. The Morgan fingerprint density at radius 3 is 2.79 bits per heavy atom. The summed E-state index contributed by atoms with van der Waals surface area (Å²) in [5.41, 5.74) is 14.9. The van der Waals surface area contributed by atoms with Crippen molar-refractivity contribution in [2.75, 3.05) is 29.7 Å². The number of aryl methyl sites for hydroxylation is 1. The molecule has 0 aliphatic carbocycles. The number of hydrogen-bond donors (Lipinski definition) is 3. The minimum atomic E-state index is -0.356. The summed E-state index contributed by atoms with van der Waals surface area (Å²) in [7, 11) is 1.52. The van der Waals surface area contributed by atoms with Crippen molar-refractivity contribution in [2.24, 2.45) is 0 Å². The third kappa shape index (κ3) is 3.64. The Bertz CT molecular complexity index is 1040. The summed E-state index contributed by atoms with van der Waals surface area (Å²) >= 11 is 0. The number of para-hydroxylation sites is 2. The highest BCUT2D eigenvalue weighted by Crippen LogP contribution is 2.36. The van der Waals surface area contributed by atoms with E-state index in [9.17, 15) is 4.79 Å². The molecule has 1 aliphatic heterocycles. The van der Waals surface area contributed by atoms with E-state index in [-0.39, 0.29) is 5.91 Å². The molecule has 4 N–H and O–H groups in total. The smallest absolute Gasteiger partial charge is 0.273 e. The number of rotatable bonds is 5. The Morgan fingerprint density at radius 2 is 1.93 bits per heavy atom. The predicted octanol–water partition coefficient (Wildman–Crippen LogP) is 2.91. The number of carbonyl (C=O) groups is 1. The first-order valence-corrected chi connectivity index (χ1v) is 9.34. The van der Waals surface area contributed by atoms with Crippen molar-refractivity contribution in [1.82, 2.24) is 15.4 Å². The molecule has 0 bridgehead atoms. The average molecular weight is 390 g/mol. The van der Waals surface area contributed by atoms with E-state index in [1.807, 2.05) is 12.1 Å². The van der Waals surface area contributed by atoms with Crippen LogP contribution in [0.1, 0.15) is 22.3 Å². The van der Waals surface area contributed by atoms with Crippen molar-refractivity contribution in [2.45, 2.75) is 12.8 Å². The molecule has 1 aromatic heterocycles. The van der Waals surface area contributed by atoms with Crippen molar-refractivity contribution in [3.63, 3.8) is 0 Å². The molecule has 0 saturated heterocycles. The van der Waals surface area contributed by atoms with Gasteiger partial charge in [0.15, 0.2) is 11.6 Å². The van der Waals surface area contributed by atoms with Crippen molar-refractivity contribution >= 4 is 28.9 Å². The molecular weight excluding hydrogens is 368 g/mol. The number of hydrogen-bond acceptors (Lipinski definition) is 7. The van der Waals surface area contributed by atoms with Gasteiger partial charge < -0.3 is 15.4 Å². The number of ether oxygens (including phenoxy) is 1. The summed E-state index contributed by atoms with van der Waals surface area (Å²) < 4.78 is 5.23. The van der Waals surface area contributed by atoms with Crippen LogP contribution in [-0.4, -0.2) is 29.5 Å². The summed E-state index contributed by atoms with van der Waals surface area (Å²) in [5.74, 6) is 1.07. The first-order valence-electron chi connectivity index (χ1n) is 9.34. The van der Waals surface area contributed by atoms with Crippen LogP contribution in [0.2, 0.25) is 0 Å². The number of aromatic nitrogens is 2. The first kappa shape index (κ1) is 18.5. The highest BCUT2D eigenvalue weighted by Gasteiger charge is 2.22. The Labute approximate surface area is 168 Å². The average Bonchev–Trinajstić information content (AvgIpc) is 2.78. The fourth-order valence-corrected chi connectivity index (χ4v) is 3.47. The van der Waals surface area contributed by atoms with Crippen LogP contribution in [-0.2, 0) is 6.42 Å². The largest absolute Gasteiger partial charge is 0.496 e. The maximum atomic E-state index is 12.5. The lowest BCUT2D eigenvalue weighted by molar-refractivity contribution is 0.0959. The number of benzene rings is 2. The molecule has 0 atom stereocenters. The number of nitrogen functional groups attached to an aromatic ring is 1. The molecule has 0 radical (unpaired) electrons. The number of methoxy groups -OCH3 is 1. The fraction of sp³-hybridized carbons (Fsp3) is 0.190. The maximum absolute atomic E-state index is 12.5. The minimum Gasteiger partial charge on any atom is -0.496 e. The third-order valence-corrected chi connectivity index (χ3v) is 4.87. The monoisotopic (exact) mass is 390 g/mol. The first-order chi connectivity index (χ1) is 14.2. The van der Waals surface area contributed by atoms with E-state index < -0.39 is 0 Å². The standard InChI is InChI=1S/C21H22N6O2/c1-29-17-11-5-3-9-15(17)21(28)26-25-19-18(22)20(24-13-23-19)27-12-6-8-14-7-2-4-10-16(14)27/h2-5,7,9-11,13H,6,8,12,22H2,1H3,(H,26,28)(H,23,24,25). The molecule has 0 fully saturated rings. The van der Waals surface area contributed by atoms with Crippen LogP contribution < -0.4 is 26.2 Å². The summed E-state index contributed by atoms with van der Waals surface area (Å²) in [6.45, 7) is 0.811. The topological polar surface area (TPSA) is 105 Å². The van der Waals surface area contributed by atoms with E-state index in [0.717, 1.165) is 25.1 Å². The van der Waals surface area contributed by atoms with Gasteiger partial charge in [-0.05, 0) is 36.6 Å². The van der Waals surface area contributed by atoms with E-state index in [4.69, 9.17) is 10.5 Å². The zero-order valence-electron chi connectivity index (χ0n) is 16.1. The van der Waals surface area contributed by atoms with Gasteiger partial charge in [-0.25, -0.2) is 9.97 Å². The van der Waals surface area contributed by atoms with Crippen LogP contribution in [0.4, 0.5) is 23.0 Å². The Kier molecular flexibility index (Phi) is 5.15. The van der Waals surface area contributed by atoms with Crippen molar-refractivity contribution in [1.29, 1.82) is 0 Å². The SMILES string of the molecule is COc1ccccc1C(=O)NNc1ncnc(N2CCCc3ccccc32)c1N. The number of hydrazine groups is 1. The second-order valence-corrected chi connectivity index (χ2v) is 6.62. The van der Waals surface area contributed by atoms with Gasteiger partial charge in [0.25, 0.3) is 5.91 Å².